The standard InChI is InChI=1S/C12H10BrNO4S/c1-6-11(7(2)18-14-6)12(16)17-5-8(15)9-3-4-10(13)19-9/h3-4H,5H2,1-2H3. The Hall–Kier alpha value is -1.47. The molecule has 0 saturated heterocycles. The molecule has 0 saturated carbocycles. The van der Waals surface area contributed by atoms with Crippen LogP contribution in [0.2, 0.25) is 0 Å². The summed E-state index contributed by atoms with van der Waals surface area (Å²) in [4.78, 5) is 24.1. The molecular formula is C12H10BrNO4S. The molecule has 5 nitrogen and oxygen atoms in total. The van der Waals surface area contributed by atoms with Crippen LogP contribution in [0.25, 0.3) is 0 Å². The molecule has 0 amide bonds. The van der Waals surface area contributed by atoms with E-state index in [1.165, 1.54) is 11.3 Å². The molecule has 0 atom stereocenters. The van der Waals surface area contributed by atoms with Crippen LogP contribution < -0.4 is 0 Å². The van der Waals surface area contributed by atoms with E-state index in [2.05, 4.69) is 21.1 Å². The third kappa shape index (κ3) is 3.10. The van der Waals surface area contributed by atoms with E-state index in [0.29, 0.717) is 16.3 Å². The fourth-order valence-electron chi connectivity index (χ4n) is 1.51. The Morgan fingerprint density at radius 1 is 1.42 bits per heavy atom. The molecule has 0 aliphatic heterocycles. The topological polar surface area (TPSA) is 69.4 Å². The number of ether oxygens (including phenoxy) is 1. The van der Waals surface area contributed by atoms with Gasteiger partial charge in [0.25, 0.3) is 0 Å². The van der Waals surface area contributed by atoms with Crippen molar-refractivity contribution in [2.45, 2.75) is 13.8 Å². The Kier molecular flexibility index (Phi) is 4.16. The molecule has 0 N–H and O–H groups in total. The van der Waals surface area contributed by atoms with E-state index in [9.17, 15) is 9.59 Å². The predicted molar refractivity (Wildman–Crippen MR) is 72.6 cm³/mol. The SMILES string of the molecule is Cc1noc(C)c1C(=O)OCC(=O)c1ccc(Br)s1. The number of hydrogen-bond donors (Lipinski definition) is 0. The quantitative estimate of drug-likeness (QED) is 0.629. The number of Topliss-reactive ketones (excluding diaryl/α,β-unsaturated/α-hetero) is 1. The van der Waals surface area contributed by atoms with E-state index in [1.807, 2.05) is 0 Å². The lowest BCUT2D eigenvalue weighted by Gasteiger charge is -2.02. The molecule has 0 aromatic carbocycles. The highest BCUT2D eigenvalue weighted by Crippen LogP contribution is 2.22. The summed E-state index contributed by atoms with van der Waals surface area (Å²) in [6.07, 6.45) is 0. The maximum absolute atomic E-state index is 11.8. The van der Waals surface area contributed by atoms with Gasteiger partial charge in [-0.1, -0.05) is 5.16 Å². The summed E-state index contributed by atoms with van der Waals surface area (Å²) in [5.74, 6) is -0.454. The third-order valence-corrected chi connectivity index (χ3v) is 4.08. The first-order chi connectivity index (χ1) is 8.99. The number of rotatable bonds is 4. The average Bonchev–Trinajstić information content (AvgIpc) is 2.93. The zero-order valence-electron chi connectivity index (χ0n) is 10.2. The predicted octanol–water partition coefficient (Wildman–Crippen LogP) is 3.16. The second kappa shape index (κ2) is 5.66. The second-order valence-electron chi connectivity index (χ2n) is 3.80. The third-order valence-electron chi connectivity index (χ3n) is 2.42. The van der Waals surface area contributed by atoms with Gasteiger partial charge in [0.05, 0.1) is 14.4 Å². The van der Waals surface area contributed by atoms with Crippen LogP contribution in [0.15, 0.2) is 20.4 Å². The smallest absolute Gasteiger partial charge is 0.344 e. The first-order valence-corrected chi connectivity index (χ1v) is 6.98. The molecule has 19 heavy (non-hydrogen) atoms. The Morgan fingerprint density at radius 2 is 2.16 bits per heavy atom. The minimum atomic E-state index is -0.597. The van der Waals surface area contributed by atoms with Crippen LogP contribution in [-0.2, 0) is 4.74 Å². The van der Waals surface area contributed by atoms with Gasteiger partial charge >= 0.3 is 5.97 Å². The molecule has 100 valence electrons. The van der Waals surface area contributed by atoms with Crippen LogP contribution in [0.1, 0.15) is 31.5 Å². The van der Waals surface area contributed by atoms with Gasteiger partial charge in [-0.05, 0) is 41.9 Å². The number of aryl methyl sites for hydroxylation is 2. The molecule has 2 aromatic rings. The molecule has 0 spiro atoms. The summed E-state index contributed by atoms with van der Waals surface area (Å²) in [5.41, 5.74) is 0.731. The molecule has 0 aliphatic carbocycles. The first-order valence-electron chi connectivity index (χ1n) is 5.37. The second-order valence-corrected chi connectivity index (χ2v) is 6.27. The van der Waals surface area contributed by atoms with Crippen LogP contribution in [0, 0.1) is 13.8 Å². The van der Waals surface area contributed by atoms with Crippen LogP contribution in [0.5, 0.6) is 0 Å². The maximum Gasteiger partial charge on any atom is 0.344 e. The van der Waals surface area contributed by atoms with E-state index in [0.717, 1.165) is 3.79 Å². The molecule has 0 bridgehead atoms. The van der Waals surface area contributed by atoms with Gasteiger partial charge in [-0.15, -0.1) is 11.3 Å². The number of thiophene rings is 1. The molecule has 2 aromatic heterocycles. The van der Waals surface area contributed by atoms with Crippen molar-refractivity contribution >= 4 is 39.0 Å². The van der Waals surface area contributed by atoms with Crippen LogP contribution in [0.3, 0.4) is 0 Å². The zero-order chi connectivity index (χ0) is 14.0. The summed E-state index contributed by atoms with van der Waals surface area (Å²) < 4.78 is 10.7. The van der Waals surface area contributed by atoms with Gasteiger partial charge in [0.2, 0.25) is 5.78 Å². The summed E-state index contributed by atoms with van der Waals surface area (Å²) in [5, 5.41) is 3.66. The Balaban J connectivity index is 2.00. The summed E-state index contributed by atoms with van der Waals surface area (Å²) >= 11 is 4.57. The summed E-state index contributed by atoms with van der Waals surface area (Å²) in [7, 11) is 0. The van der Waals surface area contributed by atoms with Gasteiger partial charge < -0.3 is 9.26 Å². The minimum absolute atomic E-state index is 0.240. The summed E-state index contributed by atoms with van der Waals surface area (Å²) in [6.45, 7) is 2.97. The maximum atomic E-state index is 11.8. The minimum Gasteiger partial charge on any atom is -0.454 e. The fourth-order valence-corrected chi connectivity index (χ4v) is 2.82. The lowest BCUT2D eigenvalue weighted by Crippen LogP contribution is -2.14. The molecule has 2 rings (SSSR count). The largest absolute Gasteiger partial charge is 0.454 e. The fraction of sp³-hybridized carbons (Fsp3) is 0.250. The Labute approximate surface area is 121 Å². The van der Waals surface area contributed by atoms with Gasteiger partial charge in [0.15, 0.2) is 6.61 Å². The van der Waals surface area contributed by atoms with Crippen LogP contribution >= 0.6 is 27.3 Å². The summed E-state index contributed by atoms with van der Waals surface area (Å²) in [6, 6.07) is 3.45. The lowest BCUT2D eigenvalue weighted by atomic mass is 10.2. The molecule has 0 aliphatic rings. The van der Waals surface area contributed by atoms with Gasteiger partial charge in [-0.2, -0.15) is 0 Å². The first kappa shape index (κ1) is 14.0. The van der Waals surface area contributed by atoms with Crippen molar-refractivity contribution in [2.24, 2.45) is 0 Å². The van der Waals surface area contributed by atoms with E-state index in [1.54, 1.807) is 26.0 Å². The Morgan fingerprint density at radius 3 is 2.68 bits per heavy atom. The van der Waals surface area contributed by atoms with E-state index >= 15 is 0 Å². The number of aromatic nitrogens is 1. The van der Waals surface area contributed by atoms with Crippen molar-refractivity contribution in [1.29, 1.82) is 0 Å². The number of esters is 1. The number of hydrogen-bond acceptors (Lipinski definition) is 6. The lowest BCUT2D eigenvalue weighted by molar-refractivity contribution is 0.0473. The molecule has 0 fully saturated rings. The van der Waals surface area contributed by atoms with Gasteiger partial charge in [-0.25, -0.2) is 4.79 Å². The number of halogens is 1. The van der Waals surface area contributed by atoms with Gasteiger partial charge in [0.1, 0.15) is 11.3 Å². The molecular weight excluding hydrogens is 334 g/mol. The van der Waals surface area contributed by atoms with E-state index in [-0.39, 0.29) is 18.0 Å². The number of ketones is 1. The van der Waals surface area contributed by atoms with Crippen molar-refractivity contribution in [3.05, 3.63) is 37.8 Å². The van der Waals surface area contributed by atoms with E-state index in [4.69, 9.17) is 9.26 Å². The van der Waals surface area contributed by atoms with Crippen molar-refractivity contribution in [3.63, 3.8) is 0 Å². The number of carbonyl (C=O) groups is 2. The van der Waals surface area contributed by atoms with Crippen molar-refractivity contribution < 1.29 is 18.8 Å². The highest BCUT2D eigenvalue weighted by molar-refractivity contribution is 9.11. The highest BCUT2D eigenvalue weighted by Gasteiger charge is 2.20. The molecule has 0 unspecified atom stereocenters. The molecule has 0 radical (unpaired) electrons. The van der Waals surface area contributed by atoms with Crippen LogP contribution in [-0.4, -0.2) is 23.5 Å². The van der Waals surface area contributed by atoms with Crippen LogP contribution in [0.4, 0.5) is 0 Å². The van der Waals surface area contributed by atoms with Gasteiger partial charge in [-0.3, -0.25) is 4.79 Å². The average molecular weight is 344 g/mol. The monoisotopic (exact) mass is 343 g/mol. The molecule has 7 heteroatoms. The van der Waals surface area contributed by atoms with Crippen molar-refractivity contribution in [3.8, 4) is 0 Å². The Bertz CT molecular complexity index is 612. The highest BCUT2D eigenvalue weighted by atomic mass is 79.9. The van der Waals surface area contributed by atoms with Crippen molar-refractivity contribution in [2.75, 3.05) is 6.61 Å². The van der Waals surface area contributed by atoms with Crippen molar-refractivity contribution in [1.82, 2.24) is 5.16 Å². The zero-order valence-corrected chi connectivity index (χ0v) is 12.6. The number of carbonyl (C=O) groups excluding carboxylic acids is 2. The van der Waals surface area contributed by atoms with Gasteiger partial charge in [0, 0.05) is 0 Å². The van der Waals surface area contributed by atoms with E-state index < -0.39 is 5.97 Å². The molecule has 2 heterocycles. The number of nitrogens with zero attached hydrogens (tertiary/aromatic N) is 1. The normalized spacial score (nSPS) is 10.5.